The lowest BCUT2D eigenvalue weighted by Gasteiger charge is -2.27. The number of morpholine rings is 1. The van der Waals surface area contributed by atoms with Crippen molar-refractivity contribution in [3.8, 4) is 0 Å². The minimum atomic E-state index is -3.43. The second kappa shape index (κ2) is 5.80. The summed E-state index contributed by atoms with van der Waals surface area (Å²) in [5.41, 5.74) is 1.57. The van der Waals surface area contributed by atoms with Crippen LogP contribution in [0.25, 0.3) is 0 Å². The number of benzene rings is 1. The molecule has 1 heterocycles. The summed E-state index contributed by atoms with van der Waals surface area (Å²) >= 11 is 0. The average molecular weight is 298 g/mol. The fraction of sp³-hybridized carbons (Fsp3) is 0.462. The molecule has 6 nitrogen and oxygen atoms in total. The van der Waals surface area contributed by atoms with Crippen molar-refractivity contribution in [2.75, 3.05) is 37.3 Å². The van der Waals surface area contributed by atoms with Crippen LogP contribution in [0.4, 0.5) is 5.69 Å². The summed E-state index contributed by atoms with van der Waals surface area (Å²) in [7, 11) is -3.43. The zero-order valence-corrected chi connectivity index (χ0v) is 12.4. The van der Waals surface area contributed by atoms with E-state index in [1.807, 2.05) is 6.92 Å². The first-order valence-electron chi connectivity index (χ1n) is 6.32. The summed E-state index contributed by atoms with van der Waals surface area (Å²) in [6.07, 6.45) is 1.07. The molecule has 0 unspecified atom stereocenters. The van der Waals surface area contributed by atoms with Crippen LogP contribution in [0, 0.1) is 6.92 Å². The van der Waals surface area contributed by atoms with Gasteiger partial charge in [-0.1, -0.05) is 6.07 Å². The smallest absolute Gasteiger partial charge is 0.256 e. The summed E-state index contributed by atoms with van der Waals surface area (Å²) in [6.45, 7) is 3.89. The molecule has 2 rings (SSSR count). The third kappa shape index (κ3) is 3.71. The van der Waals surface area contributed by atoms with Crippen LogP contribution < -0.4 is 4.72 Å². The Balaban J connectivity index is 2.32. The van der Waals surface area contributed by atoms with Gasteiger partial charge in [-0.25, -0.2) is 8.42 Å². The maximum absolute atomic E-state index is 12.5. The maximum Gasteiger partial charge on any atom is 0.256 e. The molecule has 0 atom stereocenters. The van der Waals surface area contributed by atoms with Gasteiger partial charge in [0.15, 0.2) is 0 Å². The van der Waals surface area contributed by atoms with Crippen molar-refractivity contribution in [3.63, 3.8) is 0 Å². The highest BCUT2D eigenvalue weighted by atomic mass is 32.2. The Hall–Kier alpha value is -1.60. The van der Waals surface area contributed by atoms with Crippen LogP contribution in [0.2, 0.25) is 0 Å². The number of carbonyl (C=O) groups excluding carboxylic acids is 1. The first kappa shape index (κ1) is 14.8. The summed E-state index contributed by atoms with van der Waals surface area (Å²) < 4.78 is 30.4. The van der Waals surface area contributed by atoms with Crippen LogP contribution >= 0.6 is 0 Å². The number of hydrogen-bond donors (Lipinski definition) is 1. The fourth-order valence-electron chi connectivity index (χ4n) is 2.07. The van der Waals surface area contributed by atoms with E-state index in [9.17, 15) is 13.2 Å². The normalized spacial score (nSPS) is 16.0. The Bertz CT molecular complexity index is 607. The zero-order chi connectivity index (χ0) is 14.8. The zero-order valence-electron chi connectivity index (χ0n) is 11.5. The molecule has 7 heteroatoms. The molecule has 1 aromatic rings. The number of hydrogen-bond acceptors (Lipinski definition) is 4. The van der Waals surface area contributed by atoms with Gasteiger partial charge in [0.1, 0.15) is 0 Å². The Morgan fingerprint density at radius 2 is 1.95 bits per heavy atom. The second-order valence-corrected chi connectivity index (χ2v) is 6.58. The van der Waals surface area contributed by atoms with Gasteiger partial charge >= 0.3 is 0 Å². The SMILES string of the molecule is Cc1ccc(C(=O)N2CCOCC2)c(NS(C)(=O)=O)c1. The fourth-order valence-corrected chi connectivity index (χ4v) is 2.63. The van der Waals surface area contributed by atoms with E-state index in [0.29, 0.717) is 37.6 Å². The van der Waals surface area contributed by atoms with Gasteiger partial charge in [0, 0.05) is 13.1 Å². The molecule has 20 heavy (non-hydrogen) atoms. The van der Waals surface area contributed by atoms with Crippen molar-refractivity contribution in [2.24, 2.45) is 0 Å². The molecule has 0 saturated carbocycles. The number of nitrogens with zero attached hydrogens (tertiary/aromatic N) is 1. The van der Waals surface area contributed by atoms with Crippen LogP contribution in [0.3, 0.4) is 0 Å². The van der Waals surface area contributed by atoms with Gasteiger partial charge in [-0.2, -0.15) is 0 Å². The standard InChI is InChI=1S/C13H18N2O4S/c1-10-3-4-11(12(9-10)14-20(2,17)18)13(16)15-5-7-19-8-6-15/h3-4,9,14H,5-8H2,1-2H3. The van der Waals surface area contributed by atoms with Crippen LogP contribution in [0.1, 0.15) is 15.9 Å². The van der Waals surface area contributed by atoms with Gasteiger partial charge in [0.2, 0.25) is 10.0 Å². The van der Waals surface area contributed by atoms with E-state index in [1.54, 1.807) is 23.1 Å². The number of anilines is 1. The lowest BCUT2D eigenvalue weighted by Crippen LogP contribution is -2.41. The molecule has 1 aliphatic rings. The summed E-state index contributed by atoms with van der Waals surface area (Å²) in [6, 6.07) is 5.11. The Kier molecular flexibility index (Phi) is 4.29. The molecule has 0 bridgehead atoms. The van der Waals surface area contributed by atoms with Gasteiger partial charge in [0.05, 0.1) is 30.7 Å². The van der Waals surface area contributed by atoms with E-state index < -0.39 is 10.0 Å². The topological polar surface area (TPSA) is 75.7 Å². The predicted octanol–water partition coefficient (Wildman–Crippen LogP) is 0.839. The van der Waals surface area contributed by atoms with Gasteiger partial charge in [-0.3, -0.25) is 9.52 Å². The molecule has 1 amide bonds. The number of nitrogens with one attached hydrogen (secondary N) is 1. The molecule has 110 valence electrons. The number of amides is 1. The number of sulfonamides is 1. The monoisotopic (exact) mass is 298 g/mol. The first-order valence-corrected chi connectivity index (χ1v) is 8.21. The summed E-state index contributed by atoms with van der Waals surface area (Å²) in [5.74, 6) is -0.181. The molecule has 1 N–H and O–H groups in total. The minimum absolute atomic E-state index is 0.181. The maximum atomic E-state index is 12.5. The van der Waals surface area contributed by atoms with Crippen molar-refractivity contribution >= 4 is 21.6 Å². The van der Waals surface area contributed by atoms with E-state index in [-0.39, 0.29) is 5.91 Å². The van der Waals surface area contributed by atoms with Crippen molar-refractivity contribution in [1.82, 2.24) is 4.90 Å². The van der Waals surface area contributed by atoms with E-state index in [4.69, 9.17) is 4.74 Å². The number of aryl methyl sites for hydroxylation is 1. The highest BCUT2D eigenvalue weighted by Gasteiger charge is 2.22. The van der Waals surface area contributed by atoms with Crippen molar-refractivity contribution in [3.05, 3.63) is 29.3 Å². The molecular formula is C13H18N2O4S. The minimum Gasteiger partial charge on any atom is -0.378 e. The highest BCUT2D eigenvalue weighted by molar-refractivity contribution is 7.92. The van der Waals surface area contributed by atoms with Crippen LogP contribution in [0.5, 0.6) is 0 Å². The third-order valence-electron chi connectivity index (χ3n) is 3.00. The molecule has 1 saturated heterocycles. The van der Waals surface area contributed by atoms with Gasteiger partial charge < -0.3 is 9.64 Å². The van der Waals surface area contributed by atoms with E-state index >= 15 is 0 Å². The lowest BCUT2D eigenvalue weighted by atomic mass is 10.1. The molecule has 0 aliphatic carbocycles. The number of carbonyl (C=O) groups is 1. The molecule has 0 spiro atoms. The summed E-state index contributed by atoms with van der Waals surface area (Å²) in [5, 5.41) is 0. The van der Waals surface area contributed by atoms with Gasteiger partial charge in [-0.15, -0.1) is 0 Å². The molecule has 1 aliphatic heterocycles. The lowest BCUT2D eigenvalue weighted by molar-refractivity contribution is 0.0303. The predicted molar refractivity (Wildman–Crippen MR) is 76.4 cm³/mol. The van der Waals surface area contributed by atoms with Crippen LogP contribution in [-0.4, -0.2) is 51.8 Å². The first-order chi connectivity index (χ1) is 9.37. The van der Waals surface area contributed by atoms with Crippen LogP contribution in [0.15, 0.2) is 18.2 Å². The molecule has 0 aromatic heterocycles. The quantitative estimate of drug-likeness (QED) is 0.897. The largest absolute Gasteiger partial charge is 0.378 e. The second-order valence-electron chi connectivity index (χ2n) is 4.83. The number of ether oxygens (including phenoxy) is 1. The molecular weight excluding hydrogens is 280 g/mol. The number of rotatable bonds is 3. The molecule has 1 fully saturated rings. The van der Waals surface area contributed by atoms with E-state index in [1.165, 1.54) is 0 Å². The third-order valence-corrected chi connectivity index (χ3v) is 3.59. The average Bonchev–Trinajstić information content (AvgIpc) is 2.37. The summed E-state index contributed by atoms with van der Waals surface area (Å²) in [4.78, 5) is 14.1. The Morgan fingerprint density at radius 3 is 2.55 bits per heavy atom. The Morgan fingerprint density at radius 1 is 1.30 bits per heavy atom. The van der Waals surface area contributed by atoms with Crippen molar-refractivity contribution < 1.29 is 17.9 Å². The van der Waals surface area contributed by atoms with Gasteiger partial charge in [0.25, 0.3) is 5.91 Å². The molecule has 0 radical (unpaired) electrons. The van der Waals surface area contributed by atoms with Crippen LogP contribution in [-0.2, 0) is 14.8 Å². The Labute approximate surface area is 118 Å². The van der Waals surface area contributed by atoms with Gasteiger partial charge in [-0.05, 0) is 24.6 Å². The van der Waals surface area contributed by atoms with E-state index in [2.05, 4.69) is 4.72 Å². The highest BCUT2D eigenvalue weighted by Crippen LogP contribution is 2.21. The van der Waals surface area contributed by atoms with Crippen molar-refractivity contribution in [2.45, 2.75) is 6.92 Å². The van der Waals surface area contributed by atoms with E-state index in [0.717, 1.165) is 11.8 Å². The van der Waals surface area contributed by atoms with Crippen molar-refractivity contribution in [1.29, 1.82) is 0 Å². The molecule has 1 aromatic carbocycles.